The first-order valence-electron chi connectivity index (χ1n) is 6.09. The van der Waals surface area contributed by atoms with Gasteiger partial charge in [-0.3, -0.25) is 4.79 Å². The molecule has 0 aromatic heterocycles. The second kappa shape index (κ2) is 6.45. The van der Waals surface area contributed by atoms with Crippen molar-refractivity contribution in [3.63, 3.8) is 0 Å². The number of halogens is 1. The summed E-state index contributed by atoms with van der Waals surface area (Å²) >= 11 is 3.21. The van der Waals surface area contributed by atoms with Gasteiger partial charge in [-0.2, -0.15) is 0 Å². The zero-order valence-corrected chi connectivity index (χ0v) is 12.8. The van der Waals surface area contributed by atoms with Crippen LogP contribution in [-0.4, -0.2) is 23.1 Å². The first-order valence-corrected chi connectivity index (χ1v) is 6.88. The van der Waals surface area contributed by atoms with Crippen LogP contribution in [0.5, 0.6) is 17.2 Å². The highest BCUT2D eigenvalue weighted by Gasteiger charge is 2.07. The van der Waals surface area contributed by atoms with Crippen LogP contribution in [0.2, 0.25) is 0 Å². The summed E-state index contributed by atoms with van der Waals surface area (Å²) in [5, 5.41) is 18.9. The van der Waals surface area contributed by atoms with Crippen LogP contribution in [0.15, 0.2) is 46.9 Å². The molecule has 0 spiro atoms. The molecule has 0 aliphatic carbocycles. The van der Waals surface area contributed by atoms with Crippen LogP contribution in [0.4, 0.5) is 0 Å². The zero-order valence-electron chi connectivity index (χ0n) is 11.2. The maximum absolute atomic E-state index is 12.1. The van der Waals surface area contributed by atoms with Crippen molar-refractivity contribution in [2.45, 2.75) is 0 Å². The number of hydrogen-bond donors (Lipinski definition) is 2. The van der Waals surface area contributed by atoms with Crippen LogP contribution in [0, 0.1) is 0 Å². The fourth-order valence-corrected chi connectivity index (χ4v) is 2.12. The van der Waals surface area contributed by atoms with Gasteiger partial charge in [-0.25, -0.2) is 0 Å². The molecular weight excluding hydrogens is 336 g/mol. The third-order valence-corrected chi connectivity index (χ3v) is 3.50. The molecule has 0 fully saturated rings. The molecule has 0 aliphatic heterocycles. The molecule has 2 aromatic carbocycles. The summed E-state index contributed by atoms with van der Waals surface area (Å²) in [6, 6.07) is 9.36. The van der Waals surface area contributed by atoms with Crippen LogP contribution in [-0.2, 0) is 0 Å². The van der Waals surface area contributed by atoms with E-state index in [4.69, 9.17) is 4.74 Å². The Bertz CT molecular complexity index is 707. The van der Waals surface area contributed by atoms with Gasteiger partial charge in [0.25, 0.3) is 0 Å². The van der Waals surface area contributed by atoms with Gasteiger partial charge < -0.3 is 14.9 Å². The maximum atomic E-state index is 12.1. The Morgan fingerprint density at radius 2 is 1.86 bits per heavy atom. The van der Waals surface area contributed by atoms with E-state index >= 15 is 0 Å². The van der Waals surface area contributed by atoms with Gasteiger partial charge >= 0.3 is 0 Å². The number of hydrogen-bond acceptors (Lipinski definition) is 4. The monoisotopic (exact) mass is 348 g/mol. The third-order valence-electron chi connectivity index (χ3n) is 2.86. The van der Waals surface area contributed by atoms with Crippen molar-refractivity contribution in [1.29, 1.82) is 0 Å². The average molecular weight is 349 g/mol. The Kier molecular flexibility index (Phi) is 4.65. The molecule has 0 saturated carbocycles. The number of carbonyl (C=O) groups excluding carboxylic acids is 1. The minimum Gasteiger partial charge on any atom is -0.507 e. The molecule has 21 heavy (non-hydrogen) atoms. The van der Waals surface area contributed by atoms with E-state index in [1.807, 2.05) is 0 Å². The standard InChI is InChI=1S/C16H13BrO4/c1-21-16-9-11(4-7-15(16)20)13(18)5-2-10-3-6-14(19)12(17)8-10/h2-9,19-20H,1H3. The van der Waals surface area contributed by atoms with E-state index < -0.39 is 0 Å². The van der Waals surface area contributed by atoms with Crippen LogP contribution in [0.25, 0.3) is 6.08 Å². The molecule has 0 saturated heterocycles. The quantitative estimate of drug-likeness (QED) is 0.652. The molecular formula is C16H13BrO4. The van der Waals surface area contributed by atoms with E-state index in [0.717, 1.165) is 5.56 Å². The summed E-state index contributed by atoms with van der Waals surface area (Å²) in [6.07, 6.45) is 3.07. The van der Waals surface area contributed by atoms with E-state index in [-0.39, 0.29) is 23.0 Å². The maximum Gasteiger partial charge on any atom is 0.185 e. The molecule has 2 rings (SSSR count). The number of rotatable bonds is 4. The summed E-state index contributed by atoms with van der Waals surface area (Å²) in [5.74, 6) is 0.168. The van der Waals surface area contributed by atoms with Crippen molar-refractivity contribution in [2.75, 3.05) is 7.11 Å². The minimum atomic E-state index is -0.211. The number of allylic oxidation sites excluding steroid dienone is 1. The van der Waals surface area contributed by atoms with Crippen molar-refractivity contribution < 1.29 is 19.7 Å². The summed E-state index contributed by atoms with van der Waals surface area (Å²) in [5.41, 5.74) is 1.19. The van der Waals surface area contributed by atoms with Gasteiger partial charge in [0.2, 0.25) is 0 Å². The highest BCUT2D eigenvalue weighted by molar-refractivity contribution is 9.10. The molecule has 108 valence electrons. The Hall–Kier alpha value is -2.27. The third kappa shape index (κ3) is 3.64. The van der Waals surface area contributed by atoms with E-state index in [0.29, 0.717) is 10.0 Å². The summed E-state index contributed by atoms with van der Waals surface area (Å²) < 4.78 is 5.53. The molecule has 0 atom stereocenters. The normalized spacial score (nSPS) is 10.8. The van der Waals surface area contributed by atoms with Gasteiger partial charge in [-0.15, -0.1) is 0 Å². The fourth-order valence-electron chi connectivity index (χ4n) is 1.73. The van der Waals surface area contributed by atoms with Crippen molar-refractivity contribution in [3.05, 3.63) is 58.1 Å². The summed E-state index contributed by atoms with van der Waals surface area (Å²) in [6.45, 7) is 0. The van der Waals surface area contributed by atoms with E-state index in [9.17, 15) is 15.0 Å². The molecule has 0 bridgehead atoms. The number of benzene rings is 2. The zero-order chi connectivity index (χ0) is 15.4. The number of aromatic hydroxyl groups is 2. The molecule has 5 heteroatoms. The molecule has 2 aromatic rings. The van der Waals surface area contributed by atoms with Gasteiger partial charge in [0.05, 0.1) is 11.6 Å². The molecule has 0 aliphatic rings. The Morgan fingerprint density at radius 1 is 1.14 bits per heavy atom. The van der Waals surface area contributed by atoms with Gasteiger partial charge in [-0.1, -0.05) is 12.1 Å². The minimum absolute atomic E-state index is 0.0134. The number of phenols is 2. The fraction of sp³-hybridized carbons (Fsp3) is 0.0625. The van der Waals surface area contributed by atoms with Crippen LogP contribution >= 0.6 is 15.9 Å². The van der Waals surface area contributed by atoms with Crippen LogP contribution < -0.4 is 4.74 Å². The Morgan fingerprint density at radius 3 is 2.52 bits per heavy atom. The second-order valence-corrected chi connectivity index (χ2v) is 5.15. The van der Waals surface area contributed by atoms with Crippen molar-refractivity contribution in [2.24, 2.45) is 0 Å². The number of ether oxygens (including phenoxy) is 1. The largest absolute Gasteiger partial charge is 0.507 e. The SMILES string of the molecule is COc1cc(C(=O)C=Cc2ccc(O)c(Br)c2)ccc1O. The summed E-state index contributed by atoms with van der Waals surface area (Å²) in [7, 11) is 1.42. The Balaban J connectivity index is 2.20. The lowest BCUT2D eigenvalue weighted by molar-refractivity contribution is 0.104. The highest BCUT2D eigenvalue weighted by atomic mass is 79.9. The van der Waals surface area contributed by atoms with E-state index in [1.165, 1.54) is 37.5 Å². The number of ketones is 1. The highest BCUT2D eigenvalue weighted by Crippen LogP contribution is 2.27. The first-order chi connectivity index (χ1) is 10.0. The van der Waals surface area contributed by atoms with E-state index in [1.54, 1.807) is 18.2 Å². The number of phenolic OH excluding ortho intramolecular Hbond substituents is 2. The predicted molar refractivity (Wildman–Crippen MR) is 83.8 cm³/mol. The molecule has 4 nitrogen and oxygen atoms in total. The smallest absolute Gasteiger partial charge is 0.185 e. The lowest BCUT2D eigenvalue weighted by Crippen LogP contribution is -1.95. The van der Waals surface area contributed by atoms with Gasteiger partial charge in [0, 0.05) is 5.56 Å². The lowest BCUT2D eigenvalue weighted by Gasteiger charge is -2.04. The average Bonchev–Trinajstić information content (AvgIpc) is 2.48. The van der Waals surface area contributed by atoms with Crippen molar-refractivity contribution >= 4 is 27.8 Å². The van der Waals surface area contributed by atoms with Gasteiger partial charge in [0.15, 0.2) is 17.3 Å². The predicted octanol–water partition coefficient (Wildman–Crippen LogP) is 3.77. The van der Waals surface area contributed by atoms with E-state index in [2.05, 4.69) is 15.9 Å². The first kappa shape index (κ1) is 15.1. The van der Waals surface area contributed by atoms with Gasteiger partial charge in [0.1, 0.15) is 5.75 Å². The number of methoxy groups -OCH3 is 1. The van der Waals surface area contributed by atoms with Gasteiger partial charge in [-0.05, 0) is 57.9 Å². The second-order valence-electron chi connectivity index (χ2n) is 4.30. The molecule has 2 N–H and O–H groups in total. The molecule has 0 amide bonds. The Labute approximate surface area is 130 Å². The topological polar surface area (TPSA) is 66.8 Å². The van der Waals surface area contributed by atoms with Crippen LogP contribution in [0.3, 0.4) is 0 Å². The molecule has 0 unspecified atom stereocenters. The lowest BCUT2D eigenvalue weighted by atomic mass is 10.1. The summed E-state index contributed by atoms with van der Waals surface area (Å²) in [4.78, 5) is 12.1. The van der Waals surface area contributed by atoms with Crippen molar-refractivity contribution in [1.82, 2.24) is 0 Å². The molecule has 0 heterocycles. The number of carbonyl (C=O) groups is 1. The molecule has 0 radical (unpaired) electrons. The van der Waals surface area contributed by atoms with Crippen molar-refractivity contribution in [3.8, 4) is 17.2 Å². The van der Waals surface area contributed by atoms with Crippen LogP contribution in [0.1, 0.15) is 15.9 Å².